The molecule has 2 N–H and O–H groups in total. The maximum atomic E-state index is 13.0. The van der Waals surface area contributed by atoms with E-state index >= 15 is 0 Å². The monoisotopic (exact) mass is 278 g/mol. The number of nitrogens with two attached hydrogens (primary N) is 1. The smallest absolute Gasteiger partial charge is 0.242 e. The number of nitrogens with zero attached hydrogens (tertiary/aromatic N) is 1. The van der Waals surface area contributed by atoms with Crippen LogP contribution in [0.4, 0.5) is 0 Å². The molecular formula is C17H30N2O. The van der Waals surface area contributed by atoms with Crippen molar-refractivity contribution in [2.75, 3.05) is 6.54 Å². The topological polar surface area (TPSA) is 46.3 Å². The highest BCUT2D eigenvalue weighted by molar-refractivity contribution is 5.86. The third-order valence-corrected chi connectivity index (χ3v) is 5.96. The van der Waals surface area contributed by atoms with E-state index in [1.165, 1.54) is 44.9 Å². The molecule has 2 aliphatic carbocycles. The van der Waals surface area contributed by atoms with Gasteiger partial charge < -0.3 is 10.6 Å². The molecule has 0 bridgehead atoms. The Labute approximate surface area is 123 Å². The van der Waals surface area contributed by atoms with E-state index in [1.54, 1.807) is 0 Å². The van der Waals surface area contributed by atoms with Gasteiger partial charge in [-0.2, -0.15) is 0 Å². The average Bonchev–Trinajstić information content (AvgIpc) is 3.08. The number of hydrogen-bond donors (Lipinski definition) is 1. The van der Waals surface area contributed by atoms with E-state index in [2.05, 4.69) is 11.8 Å². The van der Waals surface area contributed by atoms with Crippen LogP contribution in [0.25, 0.3) is 0 Å². The summed E-state index contributed by atoms with van der Waals surface area (Å²) in [4.78, 5) is 15.2. The normalized spacial score (nSPS) is 39.4. The Morgan fingerprint density at radius 1 is 1.10 bits per heavy atom. The molecule has 1 heterocycles. The largest absolute Gasteiger partial charge is 0.338 e. The van der Waals surface area contributed by atoms with Gasteiger partial charge in [-0.1, -0.05) is 32.6 Å². The fraction of sp³-hybridized carbons (Fsp3) is 0.941. The SMILES string of the molecule is CC1CCCC(N)(C(=O)N2CCCC2C2CCCC2)C1. The molecule has 1 amide bonds. The van der Waals surface area contributed by atoms with Gasteiger partial charge in [-0.3, -0.25) is 4.79 Å². The molecular weight excluding hydrogens is 248 g/mol. The van der Waals surface area contributed by atoms with Gasteiger partial charge in [0.15, 0.2) is 0 Å². The zero-order valence-corrected chi connectivity index (χ0v) is 12.9. The predicted octanol–water partition coefficient (Wildman–Crippen LogP) is 3.08. The molecule has 2 saturated carbocycles. The number of carbonyl (C=O) groups excluding carboxylic acids is 1. The molecule has 3 atom stereocenters. The van der Waals surface area contributed by atoms with E-state index in [0.717, 1.165) is 31.7 Å². The molecule has 0 aromatic rings. The van der Waals surface area contributed by atoms with Crippen LogP contribution in [0.15, 0.2) is 0 Å². The molecule has 3 fully saturated rings. The van der Waals surface area contributed by atoms with Crippen LogP contribution in [0, 0.1) is 11.8 Å². The lowest BCUT2D eigenvalue weighted by molar-refractivity contribution is -0.140. The van der Waals surface area contributed by atoms with Crippen LogP contribution >= 0.6 is 0 Å². The molecule has 3 rings (SSSR count). The maximum absolute atomic E-state index is 13.0. The average molecular weight is 278 g/mol. The lowest BCUT2D eigenvalue weighted by atomic mass is 9.76. The summed E-state index contributed by atoms with van der Waals surface area (Å²) in [5.41, 5.74) is 5.99. The minimum atomic E-state index is -0.557. The van der Waals surface area contributed by atoms with Crippen molar-refractivity contribution in [3.05, 3.63) is 0 Å². The second-order valence-corrected chi connectivity index (χ2v) is 7.61. The van der Waals surface area contributed by atoms with Gasteiger partial charge in [0.1, 0.15) is 0 Å². The molecule has 3 heteroatoms. The molecule has 0 aromatic carbocycles. The number of carbonyl (C=O) groups is 1. The van der Waals surface area contributed by atoms with Crippen molar-refractivity contribution in [1.29, 1.82) is 0 Å². The third-order valence-electron chi connectivity index (χ3n) is 5.96. The fourth-order valence-electron chi connectivity index (χ4n) is 4.95. The van der Waals surface area contributed by atoms with Crippen molar-refractivity contribution in [2.24, 2.45) is 17.6 Å². The molecule has 20 heavy (non-hydrogen) atoms. The van der Waals surface area contributed by atoms with Crippen LogP contribution in [-0.2, 0) is 4.79 Å². The minimum Gasteiger partial charge on any atom is -0.338 e. The van der Waals surface area contributed by atoms with Crippen molar-refractivity contribution < 1.29 is 4.79 Å². The van der Waals surface area contributed by atoms with Gasteiger partial charge >= 0.3 is 0 Å². The maximum Gasteiger partial charge on any atom is 0.242 e. The minimum absolute atomic E-state index is 0.276. The quantitative estimate of drug-likeness (QED) is 0.843. The summed E-state index contributed by atoms with van der Waals surface area (Å²) in [5.74, 6) is 1.63. The van der Waals surface area contributed by atoms with Crippen LogP contribution in [-0.4, -0.2) is 28.9 Å². The second kappa shape index (κ2) is 5.67. The highest BCUT2D eigenvalue weighted by atomic mass is 16.2. The first-order valence-electron chi connectivity index (χ1n) is 8.70. The van der Waals surface area contributed by atoms with Crippen molar-refractivity contribution >= 4 is 5.91 Å². The van der Waals surface area contributed by atoms with E-state index in [9.17, 15) is 4.79 Å². The lowest BCUT2D eigenvalue weighted by Gasteiger charge is -2.41. The van der Waals surface area contributed by atoms with E-state index in [1.807, 2.05) is 0 Å². The van der Waals surface area contributed by atoms with E-state index in [-0.39, 0.29) is 5.91 Å². The highest BCUT2D eigenvalue weighted by Crippen LogP contribution is 2.38. The van der Waals surface area contributed by atoms with Crippen LogP contribution in [0.5, 0.6) is 0 Å². The van der Waals surface area contributed by atoms with Crippen LogP contribution in [0.2, 0.25) is 0 Å². The van der Waals surface area contributed by atoms with Gasteiger partial charge in [-0.05, 0) is 50.4 Å². The summed E-state index contributed by atoms with van der Waals surface area (Å²) < 4.78 is 0. The summed E-state index contributed by atoms with van der Waals surface area (Å²) in [5, 5.41) is 0. The molecule has 3 nitrogen and oxygen atoms in total. The van der Waals surface area contributed by atoms with Crippen LogP contribution in [0.3, 0.4) is 0 Å². The van der Waals surface area contributed by atoms with Gasteiger partial charge in [-0.25, -0.2) is 0 Å². The first-order valence-corrected chi connectivity index (χ1v) is 8.70. The molecule has 1 aliphatic heterocycles. The van der Waals surface area contributed by atoms with E-state index in [4.69, 9.17) is 5.73 Å². The Kier molecular flexibility index (Phi) is 4.07. The number of hydrogen-bond acceptors (Lipinski definition) is 2. The first kappa shape index (κ1) is 14.4. The number of rotatable bonds is 2. The standard InChI is InChI=1S/C17H30N2O/c1-13-6-4-10-17(18,12-13)16(20)19-11-5-9-15(19)14-7-2-3-8-14/h13-15H,2-12,18H2,1H3. The number of likely N-dealkylation sites (tertiary alicyclic amines) is 1. The summed E-state index contributed by atoms with van der Waals surface area (Å²) in [7, 11) is 0. The molecule has 1 saturated heterocycles. The van der Waals surface area contributed by atoms with Gasteiger partial charge in [0, 0.05) is 12.6 Å². The highest BCUT2D eigenvalue weighted by Gasteiger charge is 2.45. The molecule has 3 aliphatic rings. The Bertz CT molecular complexity index is 364. The van der Waals surface area contributed by atoms with E-state index in [0.29, 0.717) is 12.0 Å². The Hall–Kier alpha value is -0.570. The second-order valence-electron chi connectivity index (χ2n) is 7.61. The van der Waals surface area contributed by atoms with Crippen LogP contribution < -0.4 is 5.73 Å². The number of amides is 1. The lowest BCUT2D eigenvalue weighted by Crippen LogP contribution is -2.59. The Balaban J connectivity index is 1.71. The molecule has 3 unspecified atom stereocenters. The van der Waals surface area contributed by atoms with Crippen molar-refractivity contribution in [1.82, 2.24) is 4.90 Å². The summed E-state index contributed by atoms with van der Waals surface area (Å²) in [6.07, 6.45) is 11.9. The predicted molar refractivity (Wildman–Crippen MR) is 81.2 cm³/mol. The third kappa shape index (κ3) is 2.61. The fourth-order valence-corrected chi connectivity index (χ4v) is 4.95. The summed E-state index contributed by atoms with van der Waals surface area (Å²) >= 11 is 0. The summed E-state index contributed by atoms with van der Waals surface area (Å²) in [6, 6.07) is 0.502. The summed E-state index contributed by atoms with van der Waals surface area (Å²) in [6.45, 7) is 3.19. The molecule has 0 spiro atoms. The van der Waals surface area contributed by atoms with Crippen molar-refractivity contribution in [2.45, 2.75) is 82.7 Å². The van der Waals surface area contributed by atoms with Gasteiger partial charge in [-0.15, -0.1) is 0 Å². The van der Waals surface area contributed by atoms with Crippen molar-refractivity contribution in [3.63, 3.8) is 0 Å². The van der Waals surface area contributed by atoms with E-state index < -0.39 is 5.54 Å². The zero-order valence-electron chi connectivity index (χ0n) is 12.9. The van der Waals surface area contributed by atoms with Gasteiger partial charge in [0.25, 0.3) is 0 Å². The van der Waals surface area contributed by atoms with Crippen molar-refractivity contribution in [3.8, 4) is 0 Å². The van der Waals surface area contributed by atoms with Gasteiger partial charge in [0.05, 0.1) is 5.54 Å². The molecule has 114 valence electrons. The molecule has 0 radical (unpaired) electrons. The van der Waals surface area contributed by atoms with Gasteiger partial charge in [0.2, 0.25) is 5.91 Å². The zero-order chi connectivity index (χ0) is 14.2. The first-order chi connectivity index (χ1) is 9.60. The molecule has 0 aromatic heterocycles. The Morgan fingerprint density at radius 2 is 1.85 bits per heavy atom. The van der Waals surface area contributed by atoms with Crippen LogP contribution in [0.1, 0.15) is 71.1 Å². The Morgan fingerprint density at radius 3 is 2.55 bits per heavy atom.